The standard InChI is InChI=1S/C15H22N2O/c1-3-4-8-13(2)16-17-15(18)12-11-14-9-6-5-7-10-14/h5-7,9-10H,3-4,8,11-12H2,1-2H3,(H,17,18). The summed E-state index contributed by atoms with van der Waals surface area (Å²) in [5.41, 5.74) is 4.78. The fourth-order valence-corrected chi connectivity index (χ4v) is 1.60. The predicted molar refractivity (Wildman–Crippen MR) is 75.5 cm³/mol. The summed E-state index contributed by atoms with van der Waals surface area (Å²) in [4.78, 5) is 11.6. The first-order valence-electron chi connectivity index (χ1n) is 6.58. The fourth-order valence-electron chi connectivity index (χ4n) is 1.60. The molecule has 0 saturated heterocycles. The molecule has 0 spiro atoms. The van der Waals surface area contributed by atoms with Crippen molar-refractivity contribution >= 4 is 11.6 Å². The van der Waals surface area contributed by atoms with Crippen LogP contribution in [0.5, 0.6) is 0 Å². The number of hydrogen-bond donors (Lipinski definition) is 1. The Morgan fingerprint density at radius 2 is 1.94 bits per heavy atom. The minimum Gasteiger partial charge on any atom is -0.273 e. The summed E-state index contributed by atoms with van der Waals surface area (Å²) in [5, 5.41) is 4.09. The van der Waals surface area contributed by atoms with Crippen molar-refractivity contribution in [3.63, 3.8) is 0 Å². The molecule has 0 aliphatic heterocycles. The first-order chi connectivity index (χ1) is 8.72. The molecule has 1 amide bonds. The van der Waals surface area contributed by atoms with Crippen LogP contribution >= 0.6 is 0 Å². The summed E-state index contributed by atoms with van der Waals surface area (Å²) in [5.74, 6) is -0.0188. The number of aryl methyl sites for hydroxylation is 1. The maximum Gasteiger partial charge on any atom is 0.240 e. The van der Waals surface area contributed by atoms with E-state index in [1.807, 2.05) is 37.3 Å². The third kappa shape index (κ3) is 6.18. The van der Waals surface area contributed by atoms with Crippen molar-refractivity contribution in [2.75, 3.05) is 0 Å². The molecule has 1 aromatic rings. The van der Waals surface area contributed by atoms with Gasteiger partial charge in [0.2, 0.25) is 5.91 Å². The zero-order valence-electron chi connectivity index (χ0n) is 11.3. The van der Waals surface area contributed by atoms with Crippen molar-refractivity contribution < 1.29 is 4.79 Å². The van der Waals surface area contributed by atoms with Crippen LogP contribution < -0.4 is 5.43 Å². The normalized spacial score (nSPS) is 11.3. The Bertz CT molecular complexity index is 385. The summed E-state index contributed by atoms with van der Waals surface area (Å²) < 4.78 is 0. The van der Waals surface area contributed by atoms with Crippen molar-refractivity contribution in [3.05, 3.63) is 35.9 Å². The second kappa shape index (κ2) is 8.45. The molecule has 0 heterocycles. The SMILES string of the molecule is CCCCC(C)=NNC(=O)CCc1ccccc1. The fraction of sp³-hybridized carbons (Fsp3) is 0.467. The van der Waals surface area contributed by atoms with Crippen molar-refractivity contribution in [1.82, 2.24) is 5.43 Å². The molecule has 98 valence electrons. The number of hydrogen-bond acceptors (Lipinski definition) is 2. The third-order valence-corrected chi connectivity index (χ3v) is 2.75. The van der Waals surface area contributed by atoms with Crippen LogP contribution in [0.25, 0.3) is 0 Å². The Hall–Kier alpha value is -1.64. The molecule has 1 N–H and O–H groups in total. The van der Waals surface area contributed by atoms with Crippen LogP contribution in [0, 0.1) is 0 Å². The van der Waals surface area contributed by atoms with E-state index in [4.69, 9.17) is 0 Å². The van der Waals surface area contributed by atoms with E-state index in [1.165, 1.54) is 5.56 Å². The van der Waals surface area contributed by atoms with E-state index in [-0.39, 0.29) is 5.91 Å². The van der Waals surface area contributed by atoms with Gasteiger partial charge in [-0.25, -0.2) is 5.43 Å². The van der Waals surface area contributed by atoms with Gasteiger partial charge in [-0.05, 0) is 31.7 Å². The molecule has 0 fully saturated rings. The summed E-state index contributed by atoms with van der Waals surface area (Å²) in [7, 11) is 0. The van der Waals surface area contributed by atoms with Crippen LogP contribution in [-0.2, 0) is 11.2 Å². The first kappa shape index (κ1) is 14.4. The molecule has 0 atom stereocenters. The summed E-state index contributed by atoms with van der Waals surface area (Å²) in [6.45, 7) is 4.10. The molecule has 0 saturated carbocycles. The third-order valence-electron chi connectivity index (χ3n) is 2.75. The Kier molecular flexibility index (Phi) is 6.77. The van der Waals surface area contributed by atoms with Gasteiger partial charge in [0.25, 0.3) is 0 Å². The Balaban J connectivity index is 2.25. The van der Waals surface area contributed by atoms with Gasteiger partial charge in [-0.3, -0.25) is 4.79 Å². The van der Waals surface area contributed by atoms with Gasteiger partial charge in [0.1, 0.15) is 0 Å². The number of unbranched alkanes of at least 4 members (excludes halogenated alkanes) is 1. The predicted octanol–water partition coefficient (Wildman–Crippen LogP) is 3.30. The van der Waals surface area contributed by atoms with E-state index in [2.05, 4.69) is 17.5 Å². The van der Waals surface area contributed by atoms with Gasteiger partial charge in [0, 0.05) is 12.1 Å². The maximum absolute atomic E-state index is 11.6. The van der Waals surface area contributed by atoms with E-state index >= 15 is 0 Å². The Morgan fingerprint density at radius 3 is 2.61 bits per heavy atom. The lowest BCUT2D eigenvalue weighted by Crippen LogP contribution is -2.19. The second-order valence-corrected chi connectivity index (χ2v) is 4.47. The van der Waals surface area contributed by atoms with Gasteiger partial charge < -0.3 is 0 Å². The molecule has 0 aliphatic carbocycles. The van der Waals surface area contributed by atoms with E-state index < -0.39 is 0 Å². The van der Waals surface area contributed by atoms with Gasteiger partial charge in [0.05, 0.1) is 0 Å². The van der Waals surface area contributed by atoms with Crippen molar-refractivity contribution in [1.29, 1.82) is 0 Å². The molecule has 18 heavy (non-hydrogen) atoms. The molecule has 1 aromatic carbocycles. The van der Waals surface area contributed by atoms with E-state index in [0.29, 0.717) is 6.42 Å². The molecule has 0 aliphatic rings. The van der Waals surface area contributed by atoms with Gasteiger partial charge >= 0.3 is 0 Å². The van der Waals surface area contributed by atoms with Crippen molar-refractivity contribution in [2.24, 2.45) is 5.10 Å². The van der Waals surface area contributed by atoms with Crippen LogP contribution in [0.15, 0.2) is 35.4 Å². The van der Waals surface area contributed by atoms with Crippen LogP contribution in [0.2, 0.25) is 0 Å². The molecule has 3 heteroatoms. The highest BCUT2D eigenvalue weighted by Crippen LogP contribution is 2.02. The monoisotopic (exact) mass is 246 g/mol. The van der Waals surface area contributed by atoms with Crippen LogP contribution in [0.1, 0.15) is 45.1 Å². The smallest absolute Gasteiger partial charge is 0.240 e. The number of nitrogens with one attached hydrogen (secondary N) is 1. The highest BCUT2D eigenvalue weighted by atomic mass is 16.2. The zero-order chi connectivity index (χ0) is 13.2. The van der Waals surface area contributed by atoms with E-state index in [0.717, 1.165) is 31.4 Å². The number of benzene rings is 1. The Labute approximate surface area is 109 Å². The number of hydrazone groups is 1. The lowest BCUT2D eigenvalue weighted by molar-refractivity contribution is -0.121. The van der Waals surface area contributed by atoms with Crippen LogP contribution in [-0.4, -0.2) is 11.6 Å². The Morgan fingerprint density at radius 1 is 1.22 bits per heavy atom. The van der Waals surface area contributed by atoms with Gasteiger partial charge in [-0.1, -0.05) is 43.7 Å². The number of nitrogens with zero attached hydrogens (tertiary/aromatic N) is 1. The minimum atomic E-state index is -0.0188. The first-order valence-corrected chi connectivity index (χ1v) is 6.58. The number of carbonyl (C=O) groups excluding carboxylic acids is 1. The number of carbonyl (C=O) groups is 1. The molecule has 0 aromatic heterocycles. The van der Waals surface area contributed by atoms with Gasteiger partial charge in [-0.2, -0.15) is 5.10 Å². The molecule has 1 rings (SSSR count). The highest BCUT2D eigenvalue weighted by molar-refractivity contribution is 5.84. The van der Waals surface area contributed by atoms with Crippen LogP contribution in [0.4, 0.5) is 0 Å². The molecule has 0 radical (unpaired) electrons. The quantitative estimate of drug-likeness (QED) is 0.582. The topological polar surface area (TPSA) is 41.5 Å². The van der Waals surface area contributed by atoms with Gasteiger partial charge in [-0.15, -0.1) is 0 Å². The molecular formula is C15H22N2O. The zero-order valence-corrected chi connectivity index (χ0v) is 11.3. The molecule has 0 unspecified atom stereocenters. The number of amides is 1. The largest absolute Gasteiger partial charge is 0.273 e. The average molecular weight is 246 g/mol. The highest BCUT2D eigenvalue weighted by Gasteiger charge is 2.01. The van der Waals surface area contributed by atoms with E-state index in [9.17, 15) is 4.79 Å². The number of rotatable bonds is 7. The van der Waals surface area contributed by atoms with Crippen molar-refractivity contribution in [2.45, 2.75) is 46.0 Å². The molecular weight excluding hydrogens is 224 g/mol. The molecule has 3 nitrogen and oxygen atoms in total. The summed E-state index contributed by atoms with van der Waals surface area (Å²) >= 11 is 0. The lowest BCUT2D eigenvalue weighted by atomic mass is 10.1. The van der Waals surface area contributed by atoms with Crippen molar-refractivity contribution in [3.8, 4) is 0 Å². The summed E-state index contributed by atoms with van der Waals surface area (Å²) in [6.07, 6.45) is 4.46. The van der Waals surface area contributed by atoms with E-state index in [1.54, 1.807) is 0 Å². The minimum absolute atomic E-state index is 0.0188. The molecule has 0 bridgehead atoms. The van der Waals surface area contributed by atoms with Crippen LogP contribution in [0.3, 0.4) is 0 Å². The van der Waals surface area contributed by atoms with Gasteiger partial charge in [0.15, 0.2) is 0 Å². The second-order valence-electron chi connectivity index (χ2n) is 4.47. The maximum atomic E-state index is 11.6. The average Bonchev–Trinajstić information content (AvgIpc) is 2.41. The lowest BCUT2D eigenvalue weighted by Gasteiger charge is -2.02. The summed E-state index contributed by atoms with van der Waals surface area (Å²) in [6, 6.07) is 10.0.